The molecule has 112 valence electrons. The van der Waals surface area contributed by atoms with Crippen LogP contribution in [-0.4, -0.2) is 19.0 Å². The molecular formula is C12H13F5N2O. The Kier molecular flexibility index (Phi) is 5.29. The van der Waals surface area contributed by atoms with E-state index in [4.69, 9.17) is 0 Å². The van der Waals surface area contributed by atoms with Gasteiger partial charge in [0.2, 0.25) is 0 Å². The molecule has 0 aromatic heterocycles. The van der Waals surface area contributed by atoms with E-state index in [0.717, 1.165) is 12.1 Å². The van der Waals surface area contributed by atoms with Crippen LogP contribution in [0.3, 0.4) is 0 Å². The number of hydrogen-bond donors (Lipinski definition) is 2. The monoisotopic (exact) mass is 296 g/mol. The number of carbonyl (C=O) groups is 1. The normalized spacial score (nSPS) is 13.2. The van der Waals surface area contributed by atoms with Crippen molar-refractivity contribution in [1.82, 2.24) is 10.6 Å². The molecule has 1 aromatic carbocycles. The maximum Gasteiger partial charge on any atom is 0.416 e. The van der Waals surface area contributed by atoms with Crippen molar-refractivity contribution in [1.29, 1.82) is 0 Å². The van der Waals surface area contributed by atoms with Gasteiger partial charge in [-0.3, -0.25) is 0 Å². The van der Waals surface area contributed by atoms with Gasteiger partial charge < -0.3 is 10.6 Å². The van der Waals surface area contributed by atoms with Gasteiger partial charge in [-0.25, -0.2) is 13.6 Å². The topological polar surface area (TPSA) is 41.1 Å². The van der Waals surface area contributed by atoms with Crippen molar-refractivity contribution in [3.05, 3.63) is 35.4 Å². The standard InChI is InChI=1S/C12H13F5N2O/c1-7(19-11(20)18-6-10(13)14)8-2-4-9(5-3-8)12(15,16)17/h2-5,7,10H,6H2,1H3,(H2,18,19,20)/t7-/m0/s1. The summed E-state index contributed by atoms with van der Waals surface area (Å²) in [4.78, 5) is 11.2. The molecule has 0 heterocycles. The van der Waals surface area contributed by atoms with Gasteiger partial charge in [-0.1, -0.05) is 12.1 Å². The molecule has 1 aromatic rings. The van der Waals surface area contributed by atoms with E-state index in [1.807, 2.05) is 5.32 Å². The predicted octanol–water partition coefficient (Wildman–Crippen LogP) is 3.33. The van der Waals surface area contributed by atoms with E-state index in [-0.39, 0.29) is 0 Å². The number of halogens is 5. The molecule has 1 rings (SSSR count). The lowest BCUT2D eigenvalue weighted by Gasteiger charge is -2.16. The minimum Gasteiger partial charge on any atom is -0.332 e. The molecule has 2 amide bonds. The van der Waals surface area contributed by atoms with Crippen molar-refractivity contribution >= 4 is 6.03 Å². The van der Waals surface area contributed by atoms with Crippen LogP contribution < -0.4 is 10.6 Å². The van der Waals surface area contributed by atoms with Crippen LogP contribution in [0.15, 0.2) is 24.3 Å². The van der Waals surface area contributed by atoms with Crippen LogP contribution in [0.2, 0.25) is 0 Å². The van der Waals surface area contributed by atoms with E-state index in [1.165, 1.54) is 19.1 Å². The summed E-state index contributed by atoms with van der Waals surface area (Å²) in [5.41, 5.74) is -0.360. The van der Waals surface area contributed by atoms with E-state index < -0.39 is 36.8 Å². The van der Waals surface area contributed by atoms with Gasteiger partial charge in [-0.15, -0.1) is 0 Å². The van der Waals surface area contributed by atoms with Crippen molar-refractivity contribution in [2.24, 2.45) is 0 Å². The Morgan fingerprint density at radius 3 is 2.20 bits per heavy atom. The quantitative estimate of drug-likeness (QED) is 0.822. The lowest BCUT2D eigenvalue weighted by atomic mass is 10.1. The van der Waals surface area contributed by atoms with Gasteiger partial charge in [0.05, 0.1) is 18.2 Å². The fourth-order valence-corrected chi connectivity index (χ4v) is 1.46. The lowest BCUT2D eigenvalue weighted by molar-refractivity contribution is -0.137. The Bertz CT molecular complexity index is 444. The number of nitrogens with one attached hydrogen (secondary N) is 2. The first kappa shape index (κ1) is 16.2. The number of urea groups is 1. The largest absolute Gasteiger partial charge is 0.416 e. The Morgan fingerprint density at radius 1 is 1.20 bits per heavy atom. The van der Waals surface area contributed by atoms with Crippen LogP contribution in [-0.2, 0) is 6.18 Å². The van der Waals surface area contributed by atoms with Gasteiger partial charge in [-0.2, -0.15) is 13.2 Å². The summed E-state index contributed by atoms with van der Waals surface area (Å²) >= 11 is 0. The third-order valence-corrected chi connectivity index (χ3v) is 2.50. The highest BCUT2D eigenvalue weighted by atomic mass is 19.4. The summed E-state index contributed by atoms with van der Waals surface area (Å²) < 4.78 is 60.8. The SMILES string of the molecule is C[C@H](NC(=O)NCC(F)F)c1ccc(C(F)(F)F)cc1. The van der Waals surface area contributed by atoms with E-state index in [2.05, 4.69) is 5.32 Å². The maximum absolute atomic E-state index is 12.4. The molecule has 0 spiro atoms. The van der Waals surface area contributed by atoms with Crippen LogP contribution in [0, 0.1) is 0 Å². The van der Waals surface area contributed by atoms with Gasteiger partial charge in [0, 0.05) is 0 Å². The third-order valence-electron chi connectivity index (χ3n) is 2.50. The molecule has 0 aliphatic carbocycles. The summed E-state index contributed by atoms with van der Waals surface area (Å²) in [6.07, 6.45) is -7.09. The van der Waals surface area contributed by atoms with Gasteiger partial charge in [-0.05, 0) is 24.6 Å². The minimum atomic E-state index is -4.43. The summed E-state index contributed by atoms with van der Waals surface area (Å²) in [5.74, 6) is 0. The van der Waals surface area contributed by atoms with Gasteiger partial charge in [0.15, 0.2) is 0 Å². The first-order valence-electron chi connectivity index (χ1n) is 5.70. The molecule has 0 saturated carbocycles. The first-order chi connectivity index (χ1) is 9.20. The molecule has 0 aliphatic heterocycles. The second kappa shape index (κ2) is 6.53. The molecule has 2 N–H and O–H groups in total. The predicted molar refractivity (Wildman–Crippen MR) is 62.4 cm³/mol. The van der Waals surface area contributed by atoms with Crippen molar-refractivity contribution in [3.63, 3.8) is 0 Å². The number of alkyl halides is 5. The number of carbonyl (C=O) groups excluding carboxylic acids is 1. The summed E-state index contributed by atoms with van der Waals surface area (Å²) in [5, 5.41) is 4.28. The highest BCUT2D eigenvalue weighted by Gasteiger charge is 2.30. The Morgan fingerprint density at radius 2 is 1.75 bits per heavy atom. The Labute approximate surface area is 112 Å². The van der Waals surface area contributed by atoms with E-state index in [1.54, 1.807) is 0 Å². The first-order valence-corrected chi connectivity index (χ1v) is 5.70. The number of rotatable bonds is 4. The number of amides is 2. The molecule has 8 heteroatoms. The van der Waals surface area contributed by atoms with Crippen LogP contribution in [0.4, 0.5) is 26.7 Å². The number of benzene rings is 1. The van der Waals surface area contributed by atoms with Crippen molar-refractivity contribution in [3.8, 4) is 0 Å². The average molecular weight is 296 g/mol. The fourth-order valence-electron chi connectivity index (χ4n) is 1.46. The molecule has 0 bridgehead atoms. The maximum atomic E-state index is 12.4. The molecule has 0 fully saturated rings. The zero-order valence-corrected chi connectivity index (χ0v) is 10.5. The van der Waals surface area contributed by atoms with Gasteiger partial charge >= 0.3 is 12.2 Å². The molecule has 0 aliphatic rings. The molecule has 0 unspecified atom stereocenters. The minimum absolute atomic E-state index is 0.435. The zero-order valence-electron chi connectivity index (χ0n) is 10.5. The fraction of sp³-hybridized carbons (Fsp3) is 0.417. The summed E-state index contributed by atoms with van der Waals surface area (Å²) in [6, 6.07) is 2.82. The number of hydrogen-bond acceptors (Lipinski definition) is 1. The molecule has 0 radical (unpaired) electrons. The summed E-state index contributed by atoms with van der Waals surface area (Å²) in [6.45, 7) is 0.746. The highest BCUT2D eigenvalue weighted by molar-refractivity contribution is 5.74. The highest BCUT2D eigenvalue weighted by Crippen LogP contribution is 2.29. The van der Waals surface area contributed by atoms with Crippen LogP contribution in [0.25, 0.3) is 0 Å². The molecule has 1 atom stereocenters. The molecule has 0 saturated heterocycles. The Hall–Kier alpha value is -1.86. The summed E-state index contributed by atoms with van der Waals surface area (Å²) in [7, 11) is 0. The lowest BCUT2D eigenvalue weighted by Crippen LogP contribution is -2.39. The van der Waals surface area contributed by atoms with Crippen LogP contribution in [0.1, 0.15) is 24.1 Å². The van der Waals surface area contributed by atoms with E-state index in [9.17, 15) is 26.7 Å². The van der Waals surface area contributed by atoms with Crippen molar-refractivity contribution in [2.75, 3.05) is 6.54 Å². The second-order valence-electron chi connectivity index (χ2n) is 4.09. The average Bonchev–Trinajstić information content (AvgIpc) is 2.35. The van der Waals surface area contributed by atoms with Crippen LogP contribution in [0.5, 0.6) is 0 Å². The zero-order chi connectivity index (χ0) is 15.3. The van der Waals surface area contributed by atoms with Crippen LogP contribution >= 0.6 is 0 Å². The molecule has 20 heavy (non-hydrogen) atoms. The van der Waals surface area contributed by atoms with Crippen molar-refractivity contribution in [2.45, 2.75) is 25.6 Å². The smallest absolute Gasteiger partial charge is 0.332 e. The van der Waals surface area contributed by atoms with E-state index in [0.29, 0.717) is 5.56 Å². The molecule has 3 nitrogen and oxygen atoms in total. The van der Waals surface area contributed by atoms with E-state index >= 15 is 0 Å². The third kappa shape index (κ3) is 5.02. The Balaban J connectivity index is 2.60. The van der Waals surface area contributed by atoms with Gasteiger partial charge in [0.25, 0.3) is 6.43 Å². The van der Waals surface area contributed by atoms with Gasteiger partial charge in [0.1, 0.15) is 0 Å². The molecular weight excluding hydrogens is 283 g/mol. The second-order valence-corrected chi connectivity index (χ2v) is 4.09. The van der Waals surface area contributed by atoms with Crippen molar-refractivity contribution < 1.29 is 26.7 Å².